The summed E-state index contributed by atoms with van der Waals surface area (Å²) in [6.07, 6.45) is 2.93. The fourth-order valence-corrected chi connectivity index (χ4v) is 1.83. The lowest BCUT2D eigenvalue weighted by Crippen LogP contribution is -2.41. The molecule has 3 amide bonds. The first-order valence-corrected chi connectivity index (χ1v) is 5.93. The van der Waals surface area contributed by atoms with E-state index in [9.17, 15) is 9.59 Å². The van der Waals surface area contributed by atoms with Crippen LogP contribution >= 0.6 is 0 Å². The maximum atomic E-state index is 11.7. The normalized spacial score (nSPS) is 19.6. The summed E-state index contributed by atoms with van der Waals surface area (Å²) in [6.45, 7) is 5.68. The minimum Gasteiger partial charge on any atom is -0.352 e. The lowest BCUT2D eigenvalue weighted by atomic mass is 10.3. The van der Waals surface area contributed by atoms with Gasteiger partial charge in [0.1, 0.15) is 0 Å². The predicted molar refractivity (Wildman–Crippen MR) is 62.1 cm³/mol. The molecule has 1 rings (SSSR count). The van der Waals surface area contributed by atoms with Crippen LogP contribution in [0.3, 0.4) is 0 Å². The second kappa shape index (κ2) is 6.35. The first-order valence-electron chi connectivity index (χ1n) is 5.93. The molecule has 16 heavy (non-hydrogen) atoms. The van der Waals surface area contributed by atoms with Crippen molar-refractivity contribution in [2.24, 2.45) is 0 Å². The van der Waals surface area contributed by atoms with E-state index in [1.54, 1.807) is 4.90 Å². The van der Waals surface area contributed by atoms with E-state index in [-0.39, 0.29) is 18.0 Å². The predicted octanol–water partition coefficient (Wildman–Crippen LogP) is 0.706. The maximum Gasteiger partial charge on any atom is 0.317 e. The highest BCUT2D eigenvalue weighted by Crippen LogP contribution is 2.08. The zero-order chi connectivity index (χ0) is 12.0. The van der Waals surface area contributed by atoms with E-state index in [0.29, 0.717) is 6.54 Å². The Kier molecular flexibility index (Phi) is 5.08. The van der Waals surface area contributed by atoms with Gasteiger partial charge in [0.15, 0.2) is 0 Å². The molecule has 2 N–H and O–H groups in total. The number of nitrogens with one attached hydrogen (secondary N) is 2. The molecule has 1 saturated heterocycles. The molecule has 1 aliphatic rings. The Labute approximate surface area is 96.6 Å². The molecule has 1 unspecified atom stereocenters. The van der Waals surface area contributed by atoms with Gasteiger partial charge in [0.25, 0.3) is 0 Å². The topological polar surface area (TPSA) is 61.4 Å². The lowest BCUT2D eigenvalue weighted by Gasteiger charge is -2.17. The van der Waals surface area contributed by atoms with Gasteiger partial charge in [0.2, 0.25) is 5.91 Å². The highest BCUT2D eigenvalue weighted by atomic mass is 16.2. The van der Waals surface area contributed by atoms with Gasteiger partial charge in [-0.25, -0.2) is 4.79 Å². The Morgan fingerprint density at radius 2 is 2.19 bits per heavy atom. The van der Waals surface area contributed by atoms with Crippen LogP contribution in [0.15, 0.2) is 0 Å². The monoisotopic (exact) mass is 227 g/mol. The summed E-state index contributed by atoms with van der Waals surface area (Å²) in [5, 5.41) is 5.71. The van der Waals surface area contributed by atoms with E-state index in [4.69, 9.17) is 0 Å². The van der Waals surface area contributed by atoms with Gasteiger partial charge in [0.05, 0.1) is 0 Å². The number of urea groups is 1. The summed E-state index contributed by atoms with van der Waals surface area (Å²) < 4.78 is 0. The number of nitrogens with zero attached hydrogens (tertiary/aromatic N) is 1. The fourth-order valence-electron chi connectivity index (χ4n) is 1.83. The van der Waals surface area contributed by atoms with E-state index in [1.807, 2.05) is 0 Å². The number of hydrogen-bond acceptors (Lipinski definition) is 2. The van der Waals surface area contributed by atoms with Crippen molar-refractivity contribution >= 4 is 11.9 Å². The van der Waals surface area contributed by atoms with Crippen LogP contribution in [0.25, 0.3) is 0 Å². The highest BCUT2D eigenvalue weighted by molar-refractivity contribution is 5.75. The molecule has 92 valence electrons. The second-order valence-electron chi connectivity index (χ2n) is 4.22. The van der Waals surface area contributed by atoms with E-state index in [0.717, 1.165) is 32.4 Å². The third-order valence-electron chi connectivity index (χ3n) is 2.69. The van der Waals surface area contributed by atoms with Gasteiger partial charge < -0.3 is 15.5 Å². The van der Waals surface area contributed by atoms with Gasteiger partial charge in [-0.2, -0.15) is 0 Å². The van der Waals surface area contributed by atoms with Crippen LogP contribution in [0.1, 0.15) is 33.1 Å². The number of carbonyl (C=O) groups excluding carboxylic acids is 2. The summed E-state index contributed by atoms with van der Waals surface area (Å²) in [7, 11) is 0. The van der Waals surface area contributed by atoms with Crippen LogP contribution < -0.4 is 10.6 Å². The first kappa shape index (κ1) is 12.8. The van der Waals surface area contributed by atoms with Crippen molar-refractivity contribution in [2.45, 2.75) is 39.2 Å². The van der Waals surface area contributed by atoms with Crippen molar-refractivity contribution in [1.82, 2.24) is 15.5 Å². The van der Waals surface area contributed by atoms with Crippen molar-refractivity contribution in [1.29, 1.82) is 0 Å². The molecule has 5 nitrogen and oxygen atoms in total. The van der Waals surface area contributed by atoms with Crippen LogP contribution in [-0.4, -0.2) is 42.5 Å². The molecule has 0 aromatic rings. The number of rotatable bonds is 4. The standard InChI is InChI=1S/C11H21N3O2/c1-3-4-6-12-11(16)14-7-5-10(8-14)13-9(2)15/h10H,3-8H2,1-2H3,(H,12,16)(H,13,15). The zero-order valence-electron chi connectivity index (χ0n) is 10.1. The van der Waals surface area contributed by atoms with Gasteiger partial charge >= 0.3 is 6.03 Å². The summed E-state index contributed by atoms with van der Waals surface area (Å²) in [6, 6.07) is 0.107. The van der Waals surface area contributed by atoms with Crippen molar-refractivity contribution in [2.75, 3.05) is 19.6 Å². The van der Waals surface area contributed by atoms with Crippen molar-refractivity contribution in [3.05, 3.63) is 0 Å². The Hall–Kier alpha value is -1.26. The van der Waals surface area contributed by atoms with E-state index >= 15 is 0 Å². The Balaban J connectivity index is 2.24. The average Bonchev–Trinajstić information content (AvgIpc) is 2.65. The highest BCUT2D eigenvalue weighted by Gasteiger charge is 2.26. The molecular formula is C11H21N3O2. The molecule has 0 radical (unpaired) electrons. The van der Waals surface area contributed by atoms with Crippen molar-refractivity contribution < 1.29 is 9.59 Å². The van der Waals surface area contributed by atoms with E-state index < -0.39 is 0 Å². The molecule has 1 fully saturated rings. The minimum absolute atomic E-state index is 0.0127. The van der Waals surface area contributed by atoms with Gasteiger partial charge in [-0.05, 0) is 12.8 Å². The Morgan fingerprint density at radius 1 is 1.44 bits per heavy atom. The third kappa shape index (κ3) is 4.08. The Morgan fingerprint density at radius 3 is 2.81 bits per heavy atom. The largest absolute Gasteiger partial charge is 0.352 e. The zero-order valence-corrected chi connectivity index (χ0v) is 10.1. The van der Waals surface area contributed by atoms with Crippen LogP contribution in [0, 0.1) is 0 Å². The molecule has 1 atom stereocenters. The first-order chi connectivity index (χ1) is 7.63. The fraction of sp³-hybridized carbons (Fsp3) is 0.818. The molecule has 0 bridgehead atoms. The molecule has 0 aromatic heterocycles. The molecule has 0 aliphatic carbocycles. The van der Waals surface area contributed by atoms with Crippen LogP contribution in [0.4, 0.5) is 4.79 Å². The molecule has 5 heteroatoms. The molecule has 1 heterocycles. The average molecular weight is 227 g/mol. The maximum absolute atomic E-state index is 11.7. The van der Waals surface area contributed by atoms with Gasteiger partial charge in [-0.15, -0.1) is 0 Å². The minimum atomic E-state index is -0.0294. The van der Waals surface area contributed by atoms with E-state index in [2.05, 4.69) is 17.6 Å². The summed E-state index contributed by atoms with van der Waals surface area (Å²) in [4.78, 5) is 24.3. The second-order valence-corrected chi connectivity index (χ2v) is 4.22. The smallest absolute Gasteiger partial charge is 0.317 e. The van der Waals surface area contributed by atoms with Crippen LogP contribution in [-0.2, 0) is 4.79 Å². The summed E-state index contributed by atoms with van der Waals surface area (Å²) in [5.41, 5.74) is 0. The molecule has 1 aliphatic heterocycles. The number of carbonyl (C=O) groups is 2. The van der Waals surface area contributed by atoms with E-state index in [1.165, 1.54) is 6.92 Å². The van der Waals surface area contributed by atoms with Gasteiger partial charge in [-0.1, -0.05) is 13.3 Å². The number of likely N-dealkylation sites (tertiary alicyclic amines) is 1. The van der Waals surface area contributed by atoms with Crippen molar-refractivity contribution in [3.63, 3.8) is 0 Å². The van der Waals surface area contributed by atoms with Crippen molar-refractivity contribution in [3.8, 4) is 0 Å². The van der Waals surface area contributed by atoms with Crippen LogP contribution in [0.5, 0.6) is 0 Å². The summed E-state index contributed by atoms with van der Waals surface area (Å²) >= 11 is 0. The SMILES string of the molecule is CCCCNC(=O)N1CCC(NC(C)=O)C1. The number of amides is 3. The lowest BCUT2D eigenvalue weighted by molar-refractivity contribution is -0.119. The number of hydrogen-bond donors (Lipinski definition) is 2. The summed E-state index contributed by atoms with van der Waals surface area (Å²) in [5.74, 6) is -0.0294. The van der Waals surface area contributed by atoms with Gasteiger partial charge in [0, 0.05) is 32.6 Å². The molecule has 0 spiro atoms. The van der Waals surface area contributed by atoms with Gasteiger partial charge in [-0.3, -0.25) is 4.79 Å². The van der Waals surface area contributed by atoms with Crippen LogP contribution in [0.2, 0.25) is 0 Å². The molecular weight excluding hydrogens is 206 g/mol. The molecule has 0 aromatic carbocycles. The third-order valence-corrected chi connectivity index (χ3v) is 2.69. The Bertz CT molecular complexity index is 256. The molecule has 0 saturated carbocycles. The number of unbranched alkanes of at least 4 members (excludes halogenated alkanes) is 1. The quantitative estimate of drug-likeness (QED) is 0.695.